The van der Waals surface area contributed by atoms with E-state index in [0.717, 1.165) is 24.5 Å². The lowest BCUT2D eigenvalue weighted by Crippen LogP contribution is -2.34. The third kappa shape index (κ3) is 5.78. The molecule has 116 valence electrons. The predicted molar refractivity (Wildman–Crippen MR) is 83.8 cm³/mol. The molecule has 0 radical (unpaired) electrons. The maximum Gasteiger partial charge on any atom is 0.119 e. The standard InChI is InChI=1S/C17H25NO3/c1-20-16-7-9-17(10-8-16)21-13-15(19)12-18-11-14-5-3-2-4-6-14/h2-3,7-10,14-15,18-19H,4-6,11-13H2,1H3. The van der Waals surface area contributed by atoms with Gasteiger partial charge in [-0.25, -0.2) is 0 Å². The van der Waals surface area contributed by atoms with Crippen LogP contribution in [0.1, 0.15) is 19.3 Å². The molecule has 0 spiro atoms. The van der Waals surface area contributed by atoms with Gasteiger partial charge in [-0.05, 0) is 56.0 Å². The summed E-state index contributed by atoms with van der Waals surface area (Å²) in [4.78, 5) is 0. The van der Waals surface area contributed by atoms with Crippen LogP contribution in [0.2, 0.25) is 0 Å². The minimum absolute atomic E-state index is 0.296. The topological polar surface area (TPSA) is 50.7 Å². The summed E-state index contributed by atoms with van der Waals surface area (Å²) in [5.41, 5.74) is 0. The fourth-order valence-corrected chi connectivity index (χ4v) is 2.42. The summed E-state index contributed by atoms with van der Waals surface area (Å²) in [5, 5.41) is 13.2. The maximum atomic E-state index is 9.91. The molecule has 0 fully saturated rings. The molecule has 4 heteroatoms. The second kappa shape index (κ2) is 8.70. The molecule has 1 aliphatic carbocycles. The van der Waals surface area contributed by atoms with Gasteiger partial charge in [-0.3, -0.25) is 0 Å². The zero-order valence-corrected chi connectivity index (χ0v) is 12.6. The quantitative estimate of drug-likeness (QED) is 0.722. The van der Waals surface area contributed by atoms with E-state index in [1.54, 1.807) is 7.11 Å². The van der Waals surface area contributed by atoms with Crippen molar-refractivity contribution < 1.29 is 14.6 Å². The van der Waals surface area contributed by atoms with Crippen molar-refractivity contribution in [1.82, 2.24) is 5.32 Å². The van der Waals surface area contributed by atoms with Gasteiger partial charge in [-0.1, -0.05) is 12.2 Å². The largest absolute Gasteiger partial charge is 0.497 e. The van der Waals surface area contributed by atoms with Gasteiger partial charge in [0, 0.05) is 6.54 Å². The van der Waals surface area contributed by atoms with Crippen molar-refractivity contribution >= 4 is 0 Å². The average molecular weight is 291 g/mol. The highest BCUT2D eigenvalue weighted by molar-refractivity contribution is 5.31. The molecule has 0 bridgehead atoms. The minimum atomic E-state index is -0.494. The number of benzene rings is 1. The molecule has 0 saturated carbocycles. The first-order valence-electron chi connectivity index (χ1n) is 7.58. The smallest absolute Gasteiger partial charge is 0.119 e. The third-order valence-electron chi connectivity index (χ3n) is 3.69. The normalized spacial score (nSPS) is 19.2. The fourth-order valence-electron chi connectivity index (χ4n) is 2.42. The van der Waals surface area contributed by atoms with Crippen molar-refractivity contribution in [3.05, 3.63) is 36.4 Å². The Morgan fingerprint density at radius 2 is 2.00 bits per heavy atom. The summed E-state index contributed by atoms with van der Waals surface area (Å²) in [6, 6.07) is 7.37. The molecule has 2 unspecified atom stereocenters. The molecule has 0 saturated heterocycles. The number of hydrogen-bond acceptors (Lipinski definition) is 4. The lowest BCUT2D eigenvalue weighted by Gasteiger charge is -2.19. The van der Waals surface area contributed by atoms with E-state index in [-0.39, 0.29) is 0 Å². The first-order valence-corrected chi connectivity index (χ1v) is 7.58. The van der Waals surface area contributed by atoms with Crippen LogP contribution >= 0.6 is 0 Å². The van der Waals surface area contributed by atoms with E-state index in [9.17, 15) is 5.11 Å². The molecule has 0 amide bonds. The minimum Gasteiger partial charge on any atom is -0.497 e. The van der Waals surface area contributed by atoms with Gasteiger partial charge < -0.3 is 19.9 Å². The van der Waals surface area contributed by atoms with E-state index < -0.39 is 6.10 Å². The number of rotatable bonds is 8. The molecule has 1 aromatic carbocycles. The highest BCUT2D eigenvalue weighted by Crippen LogP contribution is 2.18. The molecule has 0 heterocycles. The number of aliphatic hydroxyl groups is 1. The molecule has 1 aliphatic rings. The Labute approximate surface area is 126 Å². The number of nitrogens with one attached hydrogen (secondary N) is 1. The van der Waals surface area contributed by atoms with Crippen LogP contribution in [0, 0.1) is 5.92 Å². The Balaban J connectivity index is 1.60. The summed E-state index contributed by atoms with van der Waals surface area (Å²) in [6.07, 6.45) is 7.56. The first kappa shape index (κ1) is 15.9. The van der Waals surface area contributed by atoms with Crippen LogP contribution in [0.4, 0.5) is 0 Å². The molecule has 2 rings (SSSR count). The predicted octanol–water partition coefficient (Wildman–Crippen LogP) is 2.38. The number of ether oxygens (including phenoxy) is 2. The van der Waals surface area contributed by atoms with Crippen molar-refractivity contribution in [2.45, 2.75) is 25.4 Å². The molecule has 0 aromatic heterocycles. The molecule has 1 aromatic rings. The number of methoxy groups -OCH3 is 1. The van der Waals surface area contributed by atoms with Gasteiger partial charge in [0.25, 0.3) is 0 Å². The van der Waals surface area contributed by atoms with Crippen molar-refractivity contribution in [3.63, 3.8) is 0 Å². The molecule has 2 N–H and O–H groups in total. The van der Waals surface area contributed by atoms with Crippen molar-refractivity contribution in [1.29, 1.82) is 0 Å². The monoisotopic (exact) mass is 291 g/mol. The van der Waals surface area contributed by atoms with Crippen LogP contribution in [0.25, 0.3) is 0 Å². The van der Waals surface area contributed by atoms with Gasteiger partial charge in [-0.15, -0.1) is 0 Å². The summed E-state index contributed by atoms with van der Waals surface area (Å²) in [5.74, 6) is 2.24. The Hall–Kier alpha value is -1.52. The SMILES string of the molecule is COc1ccc(OCC(O)CNCC2CC=CCC2)cc1. The van der Waals surface area contributed by atoms with Crippen LogP contribution < -0.4 is 14.8 Å². The highest BCUT2D eigenvalue weighted by atomic mass is 16.5. The lowest BCUT2D eigenvalue weighted by atomic mass is 9.94. The van der Waals surface area contributed by atoms with E-state index in [1.807, 2.05) is 24.3 Å². The van der Waals surface area contributed by atoms with E-state index in [4.69, 9.17) is 9.47 Å². The van der Waals surface area contributed by atoms with Crippen molar-refractivity contribution in [3.8, 4) is 11.5 Å². The molecular formula is C17H25NO3. The van der Waals surface area contributed by atoms with Crippen LogP contribution in [0.5, 0.6) is 11.5 Å². The van der Waals surface area contributed by atoms with E-state index >= 15 is 0 Å². The number of aliphatic hydroxyl groups excluding tert-OH is 1. The third-order valence-corrected chi connectivity index (χ3v) is 3.69. The summed E-state index contributed by atoms with van der Waals surface area (Å²) in [6.45, 7) is 1.82. The highest BCUT2D eigenvalue weighted by Gasteiger charge is 2.11. The molecule has 4 nitrogen and oxygen atoms in total. The number of hydrogen-bond donors (Lipinski definition) is 2. The summed E-state index contributed by atoms with van der Waals surface area (Å²) < 4.78 is 10.6. The van der Waals surface area contributed by atoms with Gasteiger partial charge >= 0.3 is 0 Å². The van der Waals surface area contributed by atoms with Gasteiger partial charge in [0.2, 0.25) is 0 Å². The molecule has 0 aliphatic heterocycles. The Morgan fingerprint density at radius 1 is 1.24 bits per heavy atom. The van der Waals surface area contributed by atoms with Crippen LogP contribution in [0.15, 0.2) is 36.4 Å². The van der Waals surface area contributed by atoms with Crippen LogP contribution in [0.3, 0.4) is 0 Å². The first-order chi connectivity index (χ1) is 10.3. The lowest BCUT2D eigenvalue weighted by molar-refractivity contribution is 0.105. The molecular weight excluding hydrogens is 266 g/mol. The van der Waals surface area contributed by atoms with Gasteiger partial charge in [0.15, 0.2) is 0 Å². The number of allylic oxidation sites excluding steroid dienone is 2. The summed E-state index contributed by atoms with van der Waals surface area (Å²) in [7, 11) is 1.63. The second-order valence-corrected chi connectivity index (χ2v) is 5.45. The van der Waals surface area contributed by atoms with E-state index in [2.05, 4.69) is 17.5 Å². The maximum absolute atomic E-state index is 9.91. The molecule has 21 heavy (non-hydrogen) atoms. The van der Waals surface area contributed by atoms with Gasteiger partial charge in [0.05, 0.1) is 7.11 Å². The fraction of sp³-hybridized carbons (Fsp3) is 0.529. The Morgan fingerprint density at radius 3 is 2.67 bits per heavy atom. The van der Waals surface area contributed by atoms with Crippen molar-refractivity contribution in [2.24, 2.45) is 5.92 Å². The Bertz CT molecular complexity index is 430. The van der Waals surface area contributed by atoms with E-state index in [1.165, 1.54) is 12.8 Å². The molecule has 2 atom stereocenters. The Kier molecular flexibility index (Phi) is 6.57. The zero-order valence-electron chi connectivity index (χ0n) is 12.6. The second-order valence-electron chi connectivity index (χ2n) is 5.45. The van der Waals surface area contributed by atoms with Gasteiger partial charge in [-0.2, -0.15) is 0 Å². The van der Waals surface area contributed by atoms with Gasteiger partial charge in [0.1, 0.15) is 24.2 Å². The van der Waals surface area contributed by atoms with Crippen LogP contribution in [-0.2, 0) is 0 Å². The van der Waals surface area contributed by atoms with E-state index in [0.29, 0.717) is 19.1 Å². The zero-order chi connectivity index (χ0) is 14.9. The van der Waals surface area contributed by atoms with Crippen LogP contribution in [-0.4, -0.2) is 38.0 Å². The summed E-state index contributed by atoms with van der Waals surface area (Å²) >= 11 is 0. The van der Waals surface area contributed by atoms with Crippen molar-refractivity contribution in [2.75, 3.05) is 26.8 Å². The average Bonchev–Trinajstić information content (AvgIpc) is 2.54.